The van der Waals surface area contributed by atoms with Gasteiger partial charge in [-0.3, -0.25) is 0 Å². The van der Waals surface area contributed by atoms with Crippen molar-refractivity contribution in [3.8, 4) is 0 Å². The highest BCUT2D eigenvalue weighted by atomic mass is 19.3. The number of alkyl halides is 2. The molecule has 2 atom stereocenters. The van der Waals surface area contributed by atoms with Crippen molar-refractivity contribution in [2.45, 2.75) is 69.1 Å². The van der Waals surface area contributed by atoms with Crippen molar-refractivity contribution in [1.82, 2.24) is 5.32 Å². The number of hydrogen-bond donors (Lipinski definition) is 2. The molecule has 2 aliphatic rings. The van der Waals surface area contributed by atoms with Crippen molar-refractivity contribution in [1.29, 1.82) is 0 Å². The van der Waals surface area contributed by atoms with Crippen molar-refractivity contribution in [3.05, 3.63) is 35.4 Å². The molecule has 2 fully saturated rings. The summed E-state index contributed by atoms with van der Waals surface area (Å²) in [7, 11) is 0. The van der Waals surface area contributed by atoms with Crippen LogP contribution in [0.25, 0.3) is 0 Å². The third kappa shape index (κ3) is 4.32. The van der Waals surface area contributed by atoms with Crippen molar-refractivity contribution in [2.24, 2.45) is 5.73 Å². The van der Waals surface area contributed by atoms with E-state index in [-0.39, 0.29) is 29.7 Å². The predicted molar refractivity (Wildman–Crippen MR) is 91.3 cm³/mol. The van der Waals surface area contributed by atoms with Gasteiger partial charge in [-0.2, -0.15) is 0 Å². The van der Waals surface area contributed by atoms with Crippen LogP contribution in [0.4, 0.5) is 8.78 Å². The lowest BCUT2D eigenvalue weighted by Gasteiger charge is -2.34. The van der Waals surface area contributed by atoms with Gasteiger partial charge in [-0.15, -0.1) is 0 Å². The lowest BCUT2D eigenvalue weighted by atomic mass is 9.81. The molecule has 1 aromatic rings. The largest absolute Gasteiger partial charge is 0.377 e. The SMILES string of the molecule is NC1CCCNC1COC1CCC(c2ccccc2C(F)F)CC1. The standard InChI is InChI=1S/C19H28F2N2O/c20-19(21)16-5-2-1-4-15(16)13-7-9-14(10-8-13)24-12-18-17(22)6-3-11-23-18/h1-2,4-5,13-14,17-19,23H,3,6-12,22H2. The molecule has 1 heterocycles. The Morgan fingerprint density at radius 2 is 1.88 bits per heavy atom. The van der Waals surface area contributed by atoms with Gasteiger partial charge < -0.3 is 15.8 Å². The van der Waals surface area contributed by atoms with Gasteiger partial charge in [-0.1, -0.05) is 24.3 Å². The number of piperidine rings is 1. The van der Waals surface area contributed by atoms with Gasteiger partial charge in [0, 0.05) is 17.6 Å². The minimum atomic E-state index is -2.39. The molecule has 3 nitrogen and oxygen atoms in total. The summed E-state index contributed by atoms with van der Waals surface area (Å²) in [5, 5.41) is 3.43. The van der Waals surface area contributed by atoms with Gasteiger partial charge in [0.15, 0.2) is 0 Å². The first-order valence-electron chi connectivity index (χ1n) is 9.12. The molecular weight excluding hydrogens is 310 g/mol. The molecule has 24 heavy (non-hydrogen) atoms. The molecule has 0 bridgehead atoms. The van der Waals surface area contributed by atoms with E-state index < -0.39 is 6.43 Å². The van der Waals surface area contributed by atoms with Crippen LogP contribution < -0.4 is 11.1 Å². The van der Waals surface area contributed by atoms with Gasteiger partial charge >= 0.3 is 0 Å². The fourth-order valence-corrected chi connectivity index (χ4v) is 4.02. The van der Waals surface area contributed by atoms with Gasteiger partial charge in [0.2, 0.25) is 0 Å². The van der Waals surface area contributed by atoms with Gasteiger partial charge in [-0.05, 0) is 56.6 Å². The summed E-state index contributed by atoms with van der Waals surface area (Å²) < 4.78 is 32.4. The van der Waals surface area contributed by atoms with Crippen molar-refractivity contribution in [3.63, 3.8) is 0 Å². The molecule has 1 saturated carbocycles. The number of benzene rings is 1. The van der Waals surface area contributed by atoms with E-state index in [1.54, 1.807) is 12.1 Å². The Kier molecular flexibility index (Phi) is 6.19. The first-order chi connectivity index (χ1) is 11.6. The maximum absolute atomic E-state index is 13.2. The quantitative estimate of drug-likeness (QED) is 0.860. The zero-order valence-electron chi connectivity index (χ0n) is 14.1. The molecule has 0 radical (unpaired) electrons. The zero-order chi connectivity index (χ0) is 16.9. The molecule has 3 N–H and O–H groups in total. The van der Waals surface area contributed by atoms with Crippen LogP contribution in [-0.4, -0.2) is 31.3 Å². The second kappa shape index (κ2) is 8.37. The molecule has 1 aromatic carbocycles. The second-order valence-electron chi connectivity index (χ2n) is 7.10. The van der Waals surface area contributed by atoms with Crippen molar-refractivity contribution < 1.29 is 13.5 Å². The van der Waals surface area contributed by atoms with E-state index in [9.17, 15) is 8.78 Å². The first-order valence-corrected chi connectivity index (χ1v) is 9.12. The van der Waals surface area contributed by atoms with Crippen LogP contribution in [-0.2, 0) is 4.74 Å². The zero-order valence-corrected chi connectivity index (χ0v) is 14.1. The van der Waals surface area contributed by atoms with Crippen LogP contribution in [0, 0.1) is 0 Å². The summed E-state index contributed by atoms with van der Waals surface area (Å²) in [4.78, 5) is 0. The summed E-state index contributed by atoms with van der Waals surface area (Å²) in [6.07, 6.45) is 3.72. The van der Waals surface area contributed by atoms with E-state index in [0.29, 0.717) is 6.61 Å². The number of halogens is 2. The van der Waals surface area contributed by atoms with Crippen LogP contribution >= 0.6 is 0 Å². The van der Waals surface area contributed by atoms with Gasteiger partial charge in [0.25, 0.3) is 6.43 Å². The number of ether oxygens (including phenoxy) is 1. The van der Waals surface area contributed by atoms with E-state index in [1.807, 2.05) is 12.1 Å². The molecule has 5 heteroatoms. The fraction of sp³-hybridized carbons (Fsp3) is 0.684. The smallest absolute Gasteiger partial charge is 0.264 e. The highest BCUT2D eigenvalue weighted by molar-refractivity contribution is 5.31. The maximum atomic E-state index is 13.2. The average Bonchev–Trinajstić information content (AvgIpc) is 2.61. The Morgan fingerprint density at radius 1 is 1.12 bits per heavy atom. The predicted octanol–water partition coefficient (Wildman–Crippen LogP) is 3.75. The summed E-state index contributed by atoms with van der Waals surface area (Å²) in [6.45, 7) is 1.67. The summed E-state index contributed by atoms with van der Waals surface area (Å²) in [5.74, 6) is 0.227. The Labute approximate surface area is 142 Å². The Balaban J connectivity index is 1.49. The molecule has 0 aromatic heterocycles. The number of nitrogens with two attached hydrogens (primary N) is 1. The number of rotatable bonds is 5. The van der Waals surface area contributed by atoms with E-state index in [2.05, 4.69) is 5.32 Å². The molecule has 1 saturated heterocycles. The maximum Gasteiger partial charge on any atom is 0.264 e. The van der Waals surface area contributed by atoms with Crippen LogP contribution in [0.2, 0.25) is 0 Å². The summed E-state index contributed by atoms with van der Waals surface area (Å²) in [5.41, 5.74) is 7.14. The Morgan fingerprint density at radius 3 is 2.58 bits per heavy atom. The summed E-state index contributed by atoms with van der Waals surface area (Å²) in [6, 6.07) is 7.39. The Bertz CT molecular complexity index is 518. The lowest BCUT2D eigenvalue weighted by molar-refractivity contribution is 0.00601. The Hall–Kier alpha value is -1.04. The third-order valence-electron chi connectivity index (χ3n) is 5.49. The highest BCUT2D eigenvalue weighted by Crippen LogP contribution is 2.38. The summed E-state index contributed by atoms with van der Waals surface area (Å²) >= 11 is 0. The molecule has 134 valence electrons. The second-order valence-corrected chi connectivity index (χ2v) is 7.10. The van der Waals surface area contributed by atoms with Crippen molar-refractivity contribution in [2.75, 3.05) is 13.2 Å². The molecule has 1 aliphatic heterocycles. The van der Waals surface area contributed by atoms with E-state index >= 15 is 0 Å². The van der Waals surface area contributed by atoms with Crippen LogP contribution in [0.1, 0.15) is 62.0 Å². The van der Waals surface area contributed by atoms with Crippen molar-refractivity contribution >= 4 is 0 Å². The topological polar surface area (TPSA) is 47.3 Å². The fourth-order valence-electron chi connectivity index (χ4n) is 4.02. The molecule has 1 aliphatic carbocycles. The van der Waals surface area contributed by atoms with Gasteiger partial charge in [0.05, 0.1) is 12.7 Å². The van der Waals surface area contributed by atoms with Crippen LogP contribution in [0.3, 0.4) is 0 Å². The van der Waals surface area contributed by atoms with Crippen LogP contribution in [0.5, 0.6) is 0 Å². The van der Waals surface area contributed by atoms with Crippen LogP contribution in [0.15, 0.2) is 24.3 Å². The molecule has 0 spiro atoms. The minimum Gasteiger partial charge on any atom is -0.377 e. The average molecular weight is 338 g/mol. The normalized spacial score (nSPS) is 31.3. The number of hydrogen-bond acceptors (Lipinski definition) is 3. The molecule has 0 amide bonds. The molecule has 3 rings (SSSR count). The molecular formula is C19H28F2N2O. The van der Waals surface area contributed by atoms with Gasteiger partial charge in [-0.25, -0.2) is 8.78 Å². The monoisotopic (exact) mass is 338 g/mol. The molecule has 2 unspecified atom stereocenters. The van der Waals surface area contributed by atoms with E-state index in [1.165, 1.54) is 0 Å². The first kappa shape index (κ1) is 17.8. The third-order valence-corrected chi connectivity index (χ3v) is 5.49. The number of nitrogens with one attached hydrogen (secondary N) is 1. The van der Waals surface area contributed by atoms with E-state index in [4.69, 9.17) is 10.5 Å². The highest BCUT2D eigenvalue weighted by Gasteiger charge is 2.28. The van der Waals surface area contributed by atoms with Gasteiger partial charge in [0.1, 0.15) is 0 Å². The lowest BCUT2D eigenvalue weighted by Crippen LogP contribution is -2.52. The minimum absolute atomic E-state index is 0.174. The van der Waals surface area contributed by atoms with E-state index in [0.717, 1.165) is 50.6 Å².